The molecule has 0 spiro atoms. The average Bonchev–Trinajstić information content (AvgIpc) is 2.39. The molecule has 0 fully saturated rings. The van der Waals surface area contributed by atoms with E-state index in [1.54, 1.807) is 4.68 Å². The molecule has 1 rings (SSSR count). The number of rotatable bonds is 4. The van der Waals surface area contributed by atoms with Crippen molar-refractivity contribution < 1.29 is 4.74 Å². The largest absolute Gasteiger partial charge is 0.384 e. The summed E-state index contributed by atoms with van der Waals surface area (Å²) in [6.07, 6.45) is 1.29. The van der Waals surface area contributed by atoms with E-state index in [0.29, 0.717) is 12.4 Å². The van der Waals surface area contributed by atoms with Crippen molar-refractivity contribution in [3.05, 3.63) is 11.3 Å². The molecule has 80 valence electrons. The van der Waals surface area contributed by atoms with Crippen LogP contribution in [0.4, 0.5) is 5.82 Å². The molecule has 1 heterocycles. The Kier molecular flexibility index (Phi) is 3.52. The Balaban J connectivity index is 2.67. The van der Waals surface area contributed by atoms with E-state index in [2.05, 4.69) is 18.9 Å². The van der Waals surface area contributed by atoms with Crippen molar-refractivity contribution in [2.45, 2.75) is 39.9 Å². The highest BCUT2D eigenvalue weighted by molar-refractivity contribution is 5.42. The maximum atomic E-state index is 5.85. The topological polar surface area (TPSA) is 53.1 Å². The zero-order chi connectivity index (χ0) is 10.7. The second-order valence-corrected chi connectivity index (χ2v) is 3.60. The van der Waals surface area contributed by atoms with Crippen molar-refractivity contribution in [2.75, 3.05) is 5.73 Å². The van der Waals surface area contributed by atoms with Gasteiger partial charge in [0.15, 0.2) is 0 Å². The van der Waals surface area contributed by atoms with Crippen molar-refractivity contribution >= 4 is 5.82 Å². The van der Waals surface area contributed by atoms with E-state index >= 15 is 0 Å². The predicted molar refractivity (Wildman–Crippen MR) is 56.9 cm³/mol. The van der Waals surface area contributed by atoms with Gasteiger partial charge in [-0.25, -0.2) is 0 Å². The van der Waals surface area contributed by atoms with Crippen LogP contribution in [0.25, 0.3) is 0 Å². The molecule has 1 atom stereocenters. The number of nitrogens with zero attached hydrogens (tertiary/aromatic N) is 2. The Hall–Kier alpha value is -1.03. The third-order valence-electron chi connectivity index (χ3n) is 2.48. The molecule has 4 heteroatoms. The molecule has 0 aliphatic carbocycles. The van der Waals surface area contributed by atoms with Crippen molar-refractivity contribution in [2.24, 2.45) is 7.05 Å². The standard InChI is InChI=1S/C10H19N3O/c1-5-7(2)14-6-9-8(3)12-13(4)10(9)11/h7H,5-6,11H2,1-4H3. The normalized spacial score (nSPS) is 13.1. The minimum absolute atomic E-state index is 0.272. The van der Waals surface area contributed by atoms with Crippen molar-refractivity contribution in [3.8, 4) is 0 Å². The predicted octanol–water partition coefficient (Wildman–Crippen LogP) is 1.63. The van der Waals surface area contributed by atoms with E-state index in [1.807, 2.05) is 14.0 Å². The van der Waals surface area contributed by atoms with Crippen LogP contribution in [0.2, 0.25) is 0 Å². The molecule has 0 saturated carbocycles. The van der Waals surface area contributed by atoms with Crippen molar-refractivity contribution in [3.63, 3.8) is 0 Å². The summed E-state index contributed by atoms with van der Waals surface area (Å²) in [6, 6.07) is 0. The van der Waals surface area contributed by atoms with Gasteiger partial charge in [0, 0.05) is 12.6 Å². The highest BCUT2D eigenvalue weighted by atomic mass is 16.5. The van der Waals surface area contributed by atoms with Crippen LogP contribution in [0, 0.1) is 6.92 Å². The molecule has 0 amide bonds. The quantitative estimate of drug-likeness (QED) is 0.798. The minimum Gasteiger partial charge on any atom is -0.384 e. The molecule has 1 unspecified atom stereocenters. The van der Waals surface area contributed by atoms with Crippen molar-refractivity contribution in [1.29, 1.82) is 0 Å². The van der Waals surface area contributed by atoms with Gasteiger partial charge in [-0.3, -0.25) is 4.68 Å². The zero-order valence-corrected chi connectivity index (χ0v) is 9.37. The molecular weight excluding hydrogens is 178 g/mol. The first-order chi connectivity index (χ1) is 6.56. The van der Waals surface area contributed by atoms with E-state index < -0.39 is 0 Å². The number of nitrogen functional groups attached to an aromatic ring is 1. The maximum Gasteiger partial charge on any atom is 0.127 e. The lowest BCUT2D eigenvalue weighted by Gasteiger charge is -2.10. The summed E-state index contributed by atoms with van der Waals surface area (Å²) in [5.74, 6) is 0.700. The van der Waals surface area contributed by atoms with Gasteiger partial charge in [-0.15, -0.1) is 0 Å². The van der Waals surface area contributed by atoms with Gasteiger partial charge in [0.1, 0.15) is 5.82 Å². The van der Waals surface area contributed by atoms with Crippen LogP contribution < -0.4 is 5.73 Å². The van der Waals surface area contributed by atoms with Crippen molar-refractivity contribution in [1.82, 2.24) is 9.78 Å². The van der Waals surface area contributed by atoms with Gasteiger partial charge < -0.3 is 10.5 Å². The van der Waals surface area contributed by atoms with E-state index in [4.69, 9.17) is 10.5 Å². The Bertz CT molecular complexity index is 307. The second-order valence-electron chi connectivity index (χ2n) is 3.60. The number of nitrogens with two attached hydrogens (primary N) is 1. The number of hydrogen-bond donors (Lipinski definition) is 1. The Morgan fingerprint density at radius 3 is 2.64 bits per heavy atom. The van der Waals surface area contributed by atoms with Crippen LogP contribution in [0.15, 0.2) is 0 Å². The summed E-state index contributed by atoms with van der Waals surface area (Å²) in [5, 5.41) is 4.23. The fourth-order valence-electron chi connectivity index (χ4n) is 1.24. The van der Waals surface area contributed by atoms with Gasteiger partial charge in [0.05, 0.1) is 18.4 Å². The highest BCUT2D eigenvalue weighted by Crippen LogP contribution is 2.17. The molecule has 0 aliphatic heterocycles. The monoisotopic (exact) mass is 197 g/mol. The van der Waals surface area contributed by atoms with Gasteiger partial charge in [-0.05, 0) is 20.3 Å². The lowest BCUT2D eigenvalue weighted by molar-refractivity contribution is 0.0509. The second kappa shape index (κ2) is 4.46. The number of anilines is 1. The van der Waals surface area contributed by atoms with Gasteiger partial charge in [-0.1, -0.05) is 6.92 Å². The summed E-state index contributed by atoms with van der Waals surface area (Å²) in [6.45, 7) is 6.66. The molecule has 0 bridgehead atoms. The molecule has 0 aliphatic rings. The lowest BCUT2D eigenvalue weighted by Crippen LogP contribution is -2.08. The number of aromatic nitrogens is 2. The average molecular weight is 197 g/mol. The first kappa shape index (κ1) is 11.0. The number of hydrogen-bond acceptors (Lipinski definition) is 3. The van der Waals surface area contributed by atoms with E-state index in [9.17, 15) is 0 Å². The van der Waals surface area contributed by atoms with Crippen LogP contribution in [0.5, 0.6) is 0 Å². The number of ether oxygens (including phenoxy) is 1. The molecular formula is C10H19N3O. The fraction of sp³-hybridized carbons (Fsp3) is 0.700. The Labute approximate surface area is 85.0 Å². The summed E-state index contributed by atoms with van der Waals surface area (Å²) in [7, 11) is 1.84. The minimum atomic E-state index is 0.272. The molecule has 1 aromatic heterocycles. The van der Waals surface area contributed by atoms with Gasteiger partial charge in [0.2, 0.25) is 0 Å². The molecule has 4 nitrogen and oxygen atoms in total. The smallest absolute Gasteiger partial charge is 0.127 e. The third kappa shape index (κ3) is 2.26. The molecule has 14 heavy (non-hydrogen) atoms. The third-order valence-corrected chi connectivity index (χ3v) is 2.48. The van der Waals surface area contributed by atoms with Crippen LogP contribution in [-0.4, -0.2) is 15.9 Å². The molecule has 0 radical (unpaired) electrons. The first-order valence-electron chi connectivity index (χ1n) is 4.95. The maximum absolute atomic E-state index is 5.85. The van der Waals surface area contributed by atoms with Gasteiger partial charge in [-0.2, -0.15) is 5.10 Å². The van der Waals surface area contributed by atoms with Crippen LogP contribution in [0.3, 0.4) is 0 Å². The summed E-state index contributed by atoms with van der Waals surface area (Å²) in [4.78, 5) is 0. The summed E-state index contributed by atoms with van der Waals surface area (Å²) >= 11 is 0. The highest BCUT2D eigenvalue weighted by Gasteiger charge is 2.11. The van der Waals surface area contributed by atoms with Gasteiger partial charge in [0.25, 0.3) is 0 Å². The Morgan fingerprint density at radius 2 is 2.21 bits per heavy atom. The van der Waals surface area contributed by atoms with Crippen LogP contribution in [0.1, 0.15) is 31.5 Å². The first-order valence-corrected chi connectivity index (χ1v) is 4.95. The lowest BCUT2D eigenvalue weighted by atomic mass is 10.2. The fourth-order valence-corrected chi connectivity index (χ4v) is 1.24. The molecule has 1 aromatic rings. The summed E-state index contributed by atoms with van der Waals surface area (Å²) in [5.41, 5.74) is 7.81. The van der Waals surface area contributed by atoms with E-state index in [1.165, 1.54) is 0 Å². The van der Waals surface area contributed by atoms with E-state index in [0.717, 1.165) is 17.7 Å². The van der Waals surface area contributed by atoms with Gasteiger partial charge >= 0.3 is 0 Å². The Morgan fingerprint density at radius 1 is 1.57 bits per heavy atom. The molecule has 0 aromatic carbocycles. The van der Waals surface area contributed by atoms with Crippen LogP contribution in [-0.2, 0) is 18.4 Å². The molecule has 0 saturated heterocycles. The SMILES string of the molecule is CCC(C)OCc1c(C)nn(C)c1N. The van der Waals surface area contributed by atoms with E-state index in [-0.39, 0.29) is 6.10 Å². The zero-order valence-electron chi connectivity index (χ0n) is 9.37. The van der Waals surface area contributed by atoms with Crippen LogP contribution >= 0.6 is 0 Å². The summed E-state index contributed by atoms with van der Waals surface area (Å²) < 4.78 is 7.30. The molecule has 2 N–H and O–H groups in total. The number of aryl methyl sites for hydroxylation is 2.